The van der Waals surface area contributed by atoms with E-state index in [1.165, 1.54) is 0 Å². The predicted octanol–water partition coefficient (Wildman–Crippen LogP) is 9.50. The SMILES string of the molecule is CC(C)(C)c1cc(C(=O)Oc2cccc3ccc(C4C(=O)c5c(Cl)c(Cl)c(Cl)c(Cl)c5N4O)nc23)cc(C(C)(C)C)c1O. The summed E-state index contributed by atoms with van der Waals surface area (Å²) in [6, 6.07) is 10.3. The van der Waals surface area contributed by atoms with Crippen LogP contribution in [0.1, 0.15) is 85.1 Å². The van der Waals surface area contributed by atoms with E-state index in [1.54, 1.807) is 42.5 Å². The van der Waals surface area contributed by atoms with E-state index in [9.17, 15) is 19.9 Å². The number of nitrogens with zero attached hydrogens (tertiary/aromatic N) is 2. The number of esters is 1. The maximum Gasteiger partial charge on any atom is 0.343 e. The van der Waals surface area contributed by atoms with Gasteiger partial charge in [0.25, 0.3) is 0 Å². The van der Waals surface area contributed by atoms with Crippen molar-refractivity contribution < 1.29 is 24.6 Å². The molecule has 3 aromatic carbocycles. The Morgan fingerprint density at radius 2 is 1.47 bits per heavy atom. The molecule has 1 unspecified atom stereocenters. The number of hydroxylamine groups is 1. The highest BCUT2D eigenvalue weighted by Gasteiger charge is 2.44. The van der Waals surface area contributed by atoms with Gasteiger partial charge in [0, 0.05) is 16.5 Å². The first-order valence-corrected chi connectivity index (χ1v) is 14.8. The Labute approximate surface area is 268 Å². The summed E-state index contributed by atoms with van der Waals surface area (Å²) in [5.41, 5.74) is 0.882. The third-order valence-corrected chi connectivity index (χ3v) is 9.15. The minimum Gasteiger partial charge on any atom is -0.507 e. The Kier molecular flexibility index (Phi) is 7.89. The van der Waals surface area contributed by atoms with Gasteiger partial charge in [0.1, 0.15) is 11.3 Å². The number of carbonyl (C=O) groups excluding carboxylic acids is 2. The highest BCUT2D eigenvalue weighted by atomic mass is 35.5. The second-order valence-corrected chi connectivity index (χ2v) is 14.0. The van der Waals surface area contributed by atoms with Gasteiger partial charge in [-0.1, -0.05) is 106 Å². The Balaban J connectivity index is 1.57. The molecule has 1 aromatic heterocycles. The first-order chi connectivity index (χ1) is 19.9. The molecule has 0 saturated carbocycles. The number of ketones is 1. The van der Waals surface area contributed by atoms with Crippen LogP contribution in [0.15, 0.2) is 42.5 Å². The molecule has 7 nitrogen and oxygen atoms in total. The van der Waals surface area contributed by atoms with E-state index in [-0.39, 0.29) is 59.6 Å². The van der Waals surface area contributed by atoms with Crippen molar-refractivity contribution in [1.29, 1.82) is 0 Å². The molecule has 0 amide bonds. The Bertz CT molecular complexity index is 1810. The van der Waals surface area contributed by atoms with Crippen LogP contribution in [0.2, 0.25) is 20.1 Å². The zero-order valence-corrected chi connectivity index (χ0v) is 27.2. The van der Waals surface area contributed by atoms with Crippen LogP contribution in [0.4, 0.5) is 5.69 Å². The van der Waals surface area contributed by atoms with Crippen molar-refractivity contribution in [1.82, 2.24) is 4.98 Å². The Hall–Kier alpha value is -3.07. The molecule has 2 heterocycles. The van der Waals surface area contributed by atoms with Crippen molar-refractivity contribution in [3.8, 4) is 11.5 Å². The van der Waals surface area contributed by atoms with Crippen molar-refractivity contribution in [2.45, 2.75) is 58.4 Å². The number of fused-ring (bicyclic) bond motifs is 2. The van der Waals surface area contributed by atoms with Gasteiger partial charge >= 0.3 is 5.97 Å². The molecule has 0 radical (unpaired) electrons. The molecular formula is C32H28Cl4N2O5. The smallest absolute Gasteiger partial charge is 0.343 e. The van der Waals surface area contributed by atoms with E-state index in [4.69, 9.17) is 51.1 Å². The van der Waals surface area contributed by atoms with Crippen molar-refractivity contribution in [3.63, 3.8) is 0 Å². The summed E-state index contributed by atoms with van der Waals surface area (Å²) in [7, 11) is 0. The molecule has 1 atom stereocenters. The van der Waals surface area contributed by atoms with Crippen molar-refractivity contribution in [2.75, 3.05) is 5.06 Å². The average Bonchev–Trinajstić information content (AvgIpc) is 3.19. The number of aromatic hydroxyl groups is 1. The van der Waals surface area contributed by atoms with Crippen LogP contribution in [0.5, 0.6) is 11.5 Å². The van der Waals surface area contributed by atoms with Gasteiger partial charge in [0.2, 0.25) is 0 Å². The number of ether oxygens (including phenoxy) is 1. The molecule has 224 valence electrons. The number of para-hydroxylation sites is 1. The number of hydrogen-bond acceptors (Lipinski definition) is 7. The lowest BCUT2D eigenvalue weighted by molar-refractivity contribution is 0.0735. The minimum atomic E-state index is -1.31. The van der Waals surface area contributed by atoms with Crippen LogP contribution >= 0.6 is 46.4 Å². The fourth-order valence-electron chi connectivity index (χ4n) is 5.12. The van der Waals surface area contributed by atoms with E-state index < -0.39 is 28.6 Å². The van der Waals surface area contributed by atoms with Gasteiger partial charge in [-0.15, -0.1) is 0 Å². The van der Waals surface area contributed by atoms with Gasteiger partial charge in [0.05, 0.1) is 42.6 Å². The number of phenolic OH excluding ortho intramolecular Hbond substituents is 1. The zero-order valence-electron chi connectivity index (χ0n) is 24.1. The molecule has 11 heteroatoms. The summed E-state index contributed by atoms with van der Waals surface area (Å²) in [5.74, 6) is -0.947. The standard InChI is InChI=1S/C32H28Cl4N2O5/c1-31(2,3)16-12-15(13-17(28(16)39)32(4,5)6)30(41)43-19-9-7-8-14-10-11-18(37-25(14)19)26-29(40)20-21(33)22(34)23(35)24(36)27(20)38(26)42/h7-13,26,39,42H,1-6H3. The third-order valence-electron chi connectivity index (χ3n) is 7.36. The zero-order chi connectivity index (χ0) is 31.8. The fourth-order valence-corrected chi connectivity index (χ4v) is 6.14. The maximum absolute atomic E-state index is 13.6. The summed E-state index contributed by atoms with van der Waals surface area (Å²) in [6.45, 7) is 11.7. The number of halogens is 4. The van der Waals surface area contributed by atoms with Gasteiger partial charge < -0.3 is 9.84 Å². The number of carbonyl (C=O) groups is 2. The normalized spacial score (nSPS) is 15.3. The molecule has 1 aliphatic rings. The molecule has 0 bridgehead atoms. The van der Waals surface area contributed by atoms with E-state index in [2.05, 4.69) is 4.98 Å². The second-order valence-electron chi connectivity index (χ2n) is 12.5. The number of anilines is 1. The molecule has 0 saturated heterocycles. The van der Waals surface area contributed by atoms with Gasteiger partial charge in [-0.05, 0) is 35.1 Å². The molecule has 0 spiro atoms. The number of benzene rings is 3. The summed E-state index contributed by atoms with van der Waals surface area (Å²) in [6.07, 6.45) is 0. The topological polar surface area (TPSA) is 100.0 Å². The lowest BCUT2D eigenvalue weighted by Gasteiger charge is -2.28. The number of hydrogen-bond donors (Lipinski definition) is 2. The fraction of sp³-hybridized carbons (Fsp3) is 0.281. The van der Waals surface area contributed by atoms with Crippen molar-refractivity contribution in [2.24, 2.45) is 0 Å². The number of aromatic nitrogens is 1. The molecule has 5 rings (SSSR count). The van der Waals surface area contributed by atoms with E-state index >= 15 is 0 Å². The minimum absolute atomic E-state index is 0.0747. The number of Topliss-reactive ketones (excluding diaryl/α,β-unsaturated/α-hetero) is 1. The van der Waals surface area contributed by atoms with Gasteiger partial charge in [-0.2, -0.15) is 0 Å². The van der Waals surface area contributed by atoms with Crippen LogP contribution in [0.3, 0.4) is 0 Å². The van der Waals surface area contributed by atoms with Crippen LogP contribution < -0.4 is 9.80 Å². The highest BCUT2D eigenvalue weighted by molar-refractivity contribution is 6.54. The Morgan fingerprint density at radius 1 is 0.884 bits per heavy atom. The monoisotopic (exact) mass is 660 g/mol. The van der Waals surface area contributed by atoms with Crippen LogP contribution in [0.25, 0.3) is 10.9 Å². The molecule has 1 aliphatic heterocycles. The predicted molar refractivity (Wildman–Crippen MR) is 170 cm³/mol. The average molecular weight is 662 g/mol. The van der Waals surface area contributed by atoms with Crippen LogP contribution in [-0.4, -0.2) is 27.1 Å². The van der Waals surface area contributed by atoms with Gasteiger partial charge in [-0.3, -0.25) is 10.0 Å². The highest BCUT2D eigenvalue weighted by Crippen LogP contribution is 2.52. The number of rotatable bonds is 3. The van der Waals surface area contributed by atoms with E-state index in [0.717, 1.165) is 0 Å². The van der Waals surface area contributed by atoms with Gasteiger partial charge in [-0.25, -0.2) is 14.8 Å². The second kappa shape index (κ2) is 10.8. The van der Waals surface area contributed by atoms with E-state index in [1.807, 2.05) is 41.5 Å². The maximum atomic E-state index is 13.6. The summed E-state index contributed by atoms with van der Waals surface area (Å²) in [5, 5.41) is 22.9. The largest absolute Gasteiger partial charge is 0.507 e. The molecule has 43 heavy (non-hydrogen) atoms. The lowest BCUT2D eigenvalue weighted by Crippen LogP contribution is -2.25. The molecular weight excluding hydrogens is 634 g/mol. The quantitative estimate of drug-likeness (QED) is 0.0976. The number of pyridine rings is 1. The lowest BCUT2D eigenvalue weighted by atomic mass is 9.78. The summed E-state index contributed by atoms with van der Waals surface area (Å²) in [4.78, 5) is 31.7. The molecule has 2 N–H and O–H groups in total. The molecule has 4 aromatic rings. The van der Waals surface area contributed by atoms with Crippen LogP contribution in [0, 0.1) is 0 Å². The first-order valence-electron chi connectivity index (χ1n) is 13.3. The van der Waals surface area contributed by atoms with Crippen molar-refractivity contribution >= 4 is 74.7 Å². The number of phenols is 1. The Morgan fingerprint density at radius 3 is 2.05 bits per heavy atom. The molecule has 0 fully saturated rings. The van der Waals surface area contributed by atoms with E-state index in [0.29, 0.717) is 21.6 Å². The van der Waals surface area contributed by atoms with Crippen LogP contribution in [-0.2, 0) is 10.8 Å². The molecule has 0 aliphatic carbocycles. The van der Waals surface area contributed by atoms with Crippen molar-refractivity contribution in [3.05, 3.63) is 90.5 Å². The third kappa shape index (κ3) is 5.32. The summed E-state index contributed by atoms with van der Waals surface area (Å²) < 4.78 is 5.87. The summed E-state index contributed by atoms with van der Waals surface area (Å²) >= 11 is 25.0. The van der Waals surface area contributed by atoms with Gasteiger partial charge in [0.15, 0.2) is 17.6 Å². The first kappa shape index (κ1) is 31.4.